The monoisotopic (exact) mass is 604 g/mol. The maximum absolute atomic E-state index is 14.8. The molecular weight excluding hydrogens is 548 g/mol. The van der Waals surface area contributed by atoms with E-state index in [0.29, 0.717) is 12.8 Å². The van der Waals surface area contributed by atoms with E-state index in [1.54, 1.807) is 0 Å². The van der Waals surface area contributed by atoms with Gasteiger partial charge in [0.2, 0.25) is 0 Å². The molecule has 6 nitrogen and oxygen atoms in total. The minimum Gasteiger partial charge on any atom is -0.481 e. The van der Waals surface area contributed by atoms with Crippen molar-refractivity contribution in [3.63, 3.8) is 0 Å². The van der Waals surface area contributed by atoms with Gasteiger partial charge in [-0.15, -0.1) is 0 Å². The number of allylic oxidation sites excluding steroid dienone is 2. The number of carbonyl (C=O) groups excluding carboxylic acids is 1. The zero-order chi connectivity index (χ0) is 32.4. The molecule has 0 saturated heterocycles. The van der Waals surface area contributed by atoms with Crippen molar-refractivity contribution >= 4 is 11.8 Å². The highest BCUT2D eigenvalue weighted by Crippen LogP contribution is 2.75. The summed E-state index contributed by atoms with van der Waals surface area (Å²) in [6, 6.07) is 0. The maximum Gasteiger partial charge on any atom is 0.309 e. The van der Waals surface area contributed by atoms with Gasteiger partial charge in [-0.2, -0.15) is 0 Å². The Kier molecular flexibility index (Phi) is 7.04. The average Bonchev–Trinajstić information content (AvgIpc) is 2.92. The van der Waals surface area contributed by atoms with Gasteiger partial charge < -0.3 is 10.2 Å². The summed E-state index contributed by atoms with van der Waals surface area (Å²) in [6.07, 6.45) is 9.38. The van der Waals surface area contributed by atoms with Gasteiger partial charge in [0.25, 0.3) is 0 Å². The Morgan fingerprint density at radius 2 is 1.50 bits per heavy atom. The van der Waals surface area contributed by atoms with E-state index in [0.717, 1.165) is 67.7 Å². The van der Waals surface area contributed by atoms with Gasteiger partial charge in [0.15, 0.2) is 5.78 Å². The predicted octanol–water partition coefficient (Wildman–Crippen LogP) is 7.60. The Morgan fingerprint density at radius 1 is 0.864 bits per heavy atom. The molecule has 1 heterocycles. The van der Waals surface area contributed by atoms with E-state index in [1.165, 1.54) is 5.57 Å². The third-order valence-corrected chi connectivity index (χ3v) is 15.4. The van der Waals surface area contributed by atoms with Crippen LogP contribution in [0.25, 0.3) is 0 Å². The summed E-state index contributed by atoms with van der Waals surface area (Å²) in [4.78, 5) is 37.8. The van der Waals surface area contributed by atoms with Gasteiger partial charge in [-0.3, -0.25) is 19.6 Å². The van der Waals surface area contributed by atoms with Crippen LogP contribution in [-0.2, 0) is 16.0 Å². The molecule has 0 radical (unpaired) electrons. The first-order valence-electron chi connectivity index (χ1n) is 17.2. The Morgan fingerprint density at radius 3 is 2.16 bits per heavy atom. The first-order chi connectivity index (χ1) is 20.3. The Bertz CT molecular complexity index is 1450. The summed E-state index contributed by atoms with van der Waals surface area (Å²) in [6.45, 7) is 21.9. The lowest BCUT2D eigenvalue weighted by Crippen LogP contribution is -2.67. The van der Waals surface area contributed by atoms with Crippen LogP contribution in [0.2, 0.25) is 0 Å². The standard InChI is InChI=1S/C38H56N2O4/c1-21-22(2)40-26(23(3)39-21)19-24-30-25-20-27(41)31-36(8)13-12-29(42)33(4,5)28(36)11-14-38(31,10)37(25,9)18-16-34(30,6)15-17-35(24,7)32(43)44/h20,24,28-31,42H,11-19H2,1-10H3,(H,43,44). The minimum atomic E-state index is -0.926. The van der Waals surface area contributed by atoms with Crippen molar-refractivity contribution < 1.29 is 19.8 Å². The lowest BCUT2D eigenvalue weighted by molar-refractivity contribution is -0.205. The summed E-state index contributed by atoms with van der Waals surface area (Å²) in [5.74, 6) is -0.517. The molecule has 5 aliphatic carbocycles. The predicted molar refractivity (Wildman–Crippen MR) is 172 cm³/mol. The smallest absolute Gasteiger partial charge is 0.309 e. The number of carbonyl (C=O) groups is 2. The average molecular weight is 605 g/mol. The van der Waals surface area contributed by atoms with E-state index in [-0.39, 0.29) is 62.6 Å². The van der Waals surface area contributed by atoms with E-state index in [2.05, 4.69) is 41.5 Å². The second kappa shape index (κ2) is 9.72. The first-order valence-corrected chi connectivity index (χ1v) is 17.2. The molecule has 0 bridgehead atoms. The van der Waals surface area contributed by atoms with Crippen molar-refractivity contribution in [1.29, 1.82) is 0 Å². The van der Waals surface area contributed by atoms with Gasteiger partial charge in [-0.25, -0.2) is 0 Å². The fourth-order valence-corrected chi connectivity index (χ4v) is 12.2. The highest BCUT2D eigenvalue weighted by atomic mass is 16.4. The Balaban J connectivity index is 1.51. The van der Waals surface area contributed by atoms with Gasteiger partial charge in [0.05, 0.1) is 34.3 Å². The molecule has 2 N–H and O–H groups in total. The van der Waals surface area contributed by atoms with Crippen molar-refractivity contribution in [3.8, 4) is 0 Å². The number of aliphatic hydroxyl groups excluding tert-OH is 1. The third-order valence-electron chi connectivity index (χ3n) is 15.4. The number of rotatable bonds is 3. The quantitative estimate of drug-likeness (QED) is 0.369. The van der Waals surface area contributed by atoms with E-state index >= 15 is 0 Å². The van der Waals surface area contributed by atoms with Crippen molar-refractivity contribution in [2.45, 2.75) is 133 Å². The maximum atomic E-state index is 14.8. The number of ketones is 1. The van der Waals surface area contributed by atoms with Gasteiger partial charge in [0, 0.05) is 5.92 Å². The number of aromatic nitrogens is 2. The normalized spacial score (nSPS) is 46.2. The van der Waals surface area contributed by atoms with Crippen LogP contribution < -0.4 is 0 Å². The van der Waals surface area contributed by atoms with Crippen molar-refractivity contribution in [3.05, 3.63) is 34.4 Å². The summed E-state index contributed by atoms with van der Waals surface area (Å²) in [7, 11) is 0. The molecule has 5 aliphatic rings. The molecule has 0 spiro atoms. The number of carboxylic acid groups (broad SMARTS) is 1. The fraction of sp³-hybridized carbons (Fsp3) is 0.789. The summed E-state index contributed by atoms with van der Waals surface area (Å²) < 4.78 is 0. The number of aliphatic hydroxyl groups is 1. The largest absolute Gasteiger partial charge is 0.481 e. The molecule has 4 fully saturated rings. The van der Waals surface area contributed by atoms with Crippen LogP contribution >= 0.6 is 0 Å². The first kappa shape index (κ1) is 31.9. The number of nitrogens with zero attached hydrogens (tertiary/aromatic N) is 2. The number of hydrogen-bond donors (Lipinski definition) is 2. The van der Waals surface area contributed by atoms with Gasteiger partial charge in [-0.05, 0) is 136 Å². The summed E-state index contributed by atoms with van der Waals surface area (Å²) >= 11 is 0. The molecule has 10 unspecified atom stereocenters. The van der Waals surface area contributed by atoms with E-state index in [1.807, 2.05) is 33.8 Å². The zero-order valence-electron chi connectivity index (χ0n) is 28.9. The minimum absolute atomic E-state index is 0.0178. The van der Waals surface area contributed by atoms with Crippen molar-refractivity contribution in [2.24, 2.45) is 56.2 Å². The fourth-order valence-electron chi connectivity index (χ4n) is 12.2. The lowest BCUT2D eigenvalue weighted by atomic mass is 9.32. The topological polar surface area (TPSA) is 100 Å². The number of hydrogen-bond acceptors (Lipinski definition) is 5. The molecule has 0 aliphatic heterocycles. The zero-order valence-corrected chi connectivity index (χ0v) is 28.9. The lowest BCUT2D eigenvalue weighted by Gasteiger charge is -2.71. The molecule has 242 valence electrons. The molecule has 44 heavy (non-hydrogen) atoms. The molecule has 6 rings (SSSR count). The number of aryl methyl sites for hydroxylation is 3. The Labute approximate surface area is 264 Å². The number of aliphatic carboxylic acids is 1. The Hall–Kier alpha value is -2.08. The van der Waals surface area contributed by atoms with E-state index in [9.17, 15) is 19.8 Å². The van der Waals surface area contributed by atoms with Crippen molar-refractivity contribution in [1.82, 2.24) is 9.97 Å². The highest BCUT2D eigenvalue weighted by molar-refractivity contribution is 5.95. The highest BCUT2D eigenvalue weighted by Gasteiger charge is 2.71. The number of carboxylic acids is 1. The molecule has 0 amide bonds. The number of fused-ring (bicyclic) bond motifs is 7. The molecule has 6 heteroatoms. The SMILES string of the molecule is Cc1nc(C)c(CC2C3C4=CC(=O)C5C6(C)CCC(O)C(C)(C)C6CCC5(C)C4(C)CCC3(C)CCC2(C)C(=O)O)nc1C. The third kappa shape index (κ3) is 4.00. The van der Waals surface area contributed by atoms with Crippen LogP contribution in [0, 0.1) is 76.9 Å². The second-order valence-corrected chi connectivity index (χ2v) is 17.7. The van der Waals surface area contributed by atoms with Crippen LogP contribution in [0.4, 0.5) is 0 Å². The summed E-state index contributed by atoms with van der Waals surface area (Å²) in [5, 5.41) is 21.9. The molecule has 1 aromatic heterocycles. The van der Waals surface area contributed by atoms with Crippen LogP contribution in [0.15, 0.2) is 11.6 Å². The van der Waals surface area contributed by atoms with Crippen LogP contribution in [0.5, 0.6) is 0 Å². The van der Waals surface area contributed by atoms with Gasteiger partial charge in [0.1, 0.15) is 0 Å². The molecule has 10 atom stereocenters. The van der Waals surface area contributed by atoms with E-state index in [4.69, 9.17) is 9.97 Å². The van der Waals surface area contributed by atoms with Gasteiger partial charge in [-0.1, -0.05) is 47.1 Å². The molecule has 0 aromatic carbocycles. The molecule has 4 saturated carbocycles. The van der Waals surface area contributed by atoms with E-state index < -0.39 is 11.4 Å². The summed E-state index contributed by atoms with van der Waals surface area (Å²) in [5.41, 5.74) is 2.96. The van der Waals surface area contributed by atoms with Crippen LogP contribution in [-0.4, -0.2) is 38.0 Å². The second-order valence-electron chi connectivity index (χ2n) is 17.7. The van der Waals surface area contributed by atoms with Crippen molar-refractivity contribution in [2.75, 3.05) is 0 Å². The molecule has 1 aromatic rings. The molecular formula is C38H56N2O4. The van der Waals surface area contributed by atoms with Crippen LogP contribution in [0.1, 0.15) is 123 Å². The van der Waals surface area contributed by atoms with Gasteiger partial charge >= 0.3 is 5.97 Å². The van der Waals surface area contributed by atoms with Crippen LogP contribution in [0.3, 0.4) is 0 Å².